The Hall–Kier alpha value is -3.79. The molecule has 0 aromatic heterocycles. The lowest BCUT2D eigenvalue weighted by Crippen LogP contribution is -2.42. The van der Waals surface area contributed by atoms with Crippen molar-refractivity contribution >= 4 is 39.5 Å². The summed E-state index contributed by atoms with van der Waals surface area (Å²) in [5.41, 5.74) is 3.74. The summed E-state index contributed by atoms with van der Waals surface area (Å²) < 4.78 is 27.7. The molecule has 3 amide bonds. The minimum atomic E-state index is -4.07. The SMILES string of the molecule is CC(NC(=O)N(Cc1ccc(C(=O)NCC(F)(F)C(=O)O)cc1)c1ccc(C2CCCCC2)cc1)c1ccc(Br)cc1. The highest BCUT2D eigenvalue weighted by Crippen LogP contribution is 2.33. The van der Waals surface area contributed by atoms with Gasteiger partial charge in [-0.15, -0.1) is 0 Å². The molecule has 0 bridgehead atoms. The Balaban J connectivity index is 1.51. The molecule has 3 N–H and O–H groups in total. The molecular formula is C32H34BrF2N3O4. The molecular weight excluding hydrogens is 608 g/mol. The number of amides is 3. The number of halogens is 3. The van der Waals surface area contributed by atoms with Gasteiger partial charge in [0.1, 0.15) is 0 Å². The standard InChI is InChI=1S/C32H34BrF2N3O4/c1-21(23-11-15-27(33)16-12-23)37-31(42)38(28-17-13-25(14-18-28)24-5-3-2-4-6-24)19-22-7-9-26(10-8-22)29(39)36-20-32(34,35)30(40)41/h7-18,21,24H,2-6,19-20H2,1H3,(H,36,39)(H,37,42)(H,40,41). The molecule has 0 heterocycles. The average molecular weight is 643 g/mol. The van der Waals surface area contributed by atoms with Gasteiger partial charge in [-0.2, -0.15) is 8.78 Å². The maximum Gasteiger partial charge on any atom is 0.376 e. The molecule has 7 nitrogen and oxygen atoms in total. The number of carbonyl (C=O) groups excluding carboxylic acids is 2. The van der Waals surface area contributed by atoms with Crippen LogP contribution in [-0.4, -0.2) is 35.5 Å². The first kappa shape index (κ1) is 31.2. The lowest BCUT2D eigenvalue weighted by molar-refractivity contribution is -0.163. The van der Waals surface area contributed by atoms with Crippen molar-refractivity contribution in [3.63, 3.8) is 0 Å². The second kappa shape index (κ2) is 13.9. The van der Waals surface area contributed by atoms with E-state index in [2.05, 4.69) is 33.4 Å². The smallest absolute Gasteiger partial charge is 0.376 e. The van der Waals surface area contributed by atoms with Crippen LogP contribution in [0.1, 0.15) is 78.0 Å². The maximum atomic E-state index is 13.6. The van der Waals surface area contributed by atoms with Crippen LogP contribution in [0.25, 0.3) is 0 Å². The molecule has 1 saturated carbocycles. The summed E-state index contributed by atoms with van der Waals surface area (Å²) in [4.78, 5) is 38.2. The van der Waals surface area contributed by atoms with Crippen LogP contribution in [0.2, 0.25) is 0 Å². The van der Waals surface area contributed by atoms with E-state index in [0.717, 1.165) is 10.0 Å². The number of alkyl halides is 2. The number of benzene rings is 3. The monoisotopic (exact) mass is 641 g/mol. The topological polar surface area (TPSA) is 98.7 Å². The van der Waals surface area contributed by atoms with Crippen LogP contribution in [0.4, 0.5) is 19.3 Å². The summed E-state index contributed by atoms with van der Waals surface area (Å²) in [7, 11) is 0. The van der Waals surface area contributed by atoms with Gasteiger partial charge in [0.05, 0.1) is 19.1 Å². The molecule has 0 aliphatic heterocycles. The average Bonchev–Trinajstić information content (AvgIpc) is 2.99. The number of urea groups is 1. The molecule has 42 heavy (non-hydrogen) atoms. The molecule has 1 atom stereocenters. The van der Waals surface area contributed by atoms with Crippen molar-refractivity contribution < 1.29 is 28.3 Å². The molecule has 1 unspecified atom stereocenters. The molecule has 10 heteroatoms. The number of nitrogens with one attached hydrogen (secondary N) is 2. The van der Waals surface area contributed by atoms with Gasteiger partial charge in [-0.25, -0.2) is 9.59 Å². The van der Waals surface area contributed by atoms with Crippen molar-refractivity contribution in [2.75, 3.05) is 11.4 Å². The Bertz CT molecular complexity index is 1380. The molecule has 222 valence electrons. The summed E-state index contributed by atoms with van der Waals surface area (Å²) in [5, 5.41) is 13.6. The molecule has 3 aromatic carbocycles. The number of carboxylic acids is 1. The van der Waals surface area contributed by atoms with Crippen LogP contribution in [-0.2, 0) is 11.3 Å². The van der Waals surface area contributed by atoms with Gasteiger partial charge in [0.2, 0.25) is 0 Å². The third kappa shape index (κ3) is 8.15. The predicted octanol–water partition coefficient (Wildman–Crippen LogP) is 7.42. The van der Waals surface area contributed by atoms with Crippen molar-refractivity contribution in [3.05, 3.63) is 99.5 Å². The molecule has 1 aliphatic carbocycles. The highest BCUT2D eigenvalue weighted by molar-refractivity contribution is 9.10. The van der Waals surface area contributed by atoms with E-state index in [1.807, 2.05) is 48.6 Å². The van der Waals surface area contributed by atoms with Crippen LogP contribution >= 0.6 is 15.9 Å². The van der Waals surface area contributed by atoms with E-state index in [0.29, 0.717) is 17.2 Å². The Labute approximate surface area is 252 Å². The quantitative estimate of drug-likeness (QED) is 0.214. The largest absolute Gasteiger partial charge is 0.477 e. The summed E-state index contributed by atoms with van der Waals surface area (Å²) in [6.45, 7) is 0.789. The first-order chi connectivity index (χ1) is 20.0. The number of hydrogen-bond donors (Lipinski definition) is 3. The first-order valence-electron chi connectivity index (χ1n) is 14.0. The van der Waals surface area contributed by atoms with Gasteiger partial charge in [0.25, 0.3) is 5.91 Å². The van der Waals surface area contributed by atoms with E-state index in [4.69, 9.17) is 5.11 Å². The van der Waals surface area contributed by atoms with Gasteiger partial charge < -0.3 is 15.7 Å². The number of hydrogen-bond acceptors (Lipinski definition) is 3. The van der Waals surface area contributed by atoms with E-state index in [1.54, 1.807) is 17.0 Å². The summed E-state index contributed by atoms with van der Waals surface area (Å²) in [6.07, 6.45) is 6.06. The summed E-state index contributed by atoms with van der Waals surface area (Å²) >= 11 is 3.43. The van der Waals surface area contributed by atoms with Crippen LogP contribution in [0.3, 0.4) is 0 Å². The third-order valence-corrected chi connectivity index (χ3v) is 8.11. The Morgan fingerprint density at radius 1 is 0.952 bits per heavy atom. The molecule has 4 rings (SSSR count). The number of carboxylic acid groups (broad SMARTS) is 1. The van der Waals surface area contributed by atoms with Crippen molar-refractivity contribution in [3.8, 4) is 0 Å². The van der Waals surface area contributed by atoms with Crippen LogP contribution in [0, 0.1) is 0 Å². The zero-order chi connectivity index (χ0) is 30.3. The van der Waals surface area contributed by atoms with Crippen LogP contribution in [0.15, 0.2) is 77.3 Å². The van der Waals surface area contributed by atoms with Gasteiger partial charge in [-0.1, -0.05) is 71.6 Å². The van der Waals surface area contributed by atoms with Gasteiger partial charge in [-0.05, 0) is 78.8 Å². The summed E-state index contributed by atoms with van der Waals surface area (Å²) in [6, 6.07) is 21.4. The normalized spacial score (nSPS) is 14.6. The lowest BCUT2D eigenvalue weighted by Gasteiger charge is -2.27. The minimum Gasteiger partial charge on any atom is -0.477 e. The molecule has 1 aliphatic rings. The Morgan fingerprint density at radius 3 is 2.17 bits per heavy atom. The number of carbonyl (C=O) groups is 3. The van der Waals surface area contributed by atoms with Crippen molar-refractivity contribution in [2.24, 2.45) is 0 Å². The zero-order valence-electron chi connectivity index (χ0n) is 23.3. The van der Waals surface area contributed by atoms with E-state index in [1.165, 1.54) is 49.8 Å². The van der Waals surface area contributed by atoms with Gasteiger partial charge >= 0.3 is 17.9 Å². The van der Waals surface area contributed by atoms with Crippen molar-refractivity contribution in [1.82, 2.24) is 10.6 Å². The van der Waals surface area contributed by atoms with Crippen molar-refractivity contribution in [1.29, 1.82) is 0 Å². The Morgan fingerprint density at radius 2 is 1.57 bits per heavy atom. The van der Waals surface area contributed by atoms with Crippen LogP contribution < -0.4 is 15.5 Å². The third-order valence-electron chi connectivity index (χ3n) is 7.58. The zero-order valence-corrected chi connectivity index (χ0v) is 24.9. The fourth-order valence-electron chi connectivity index (χ4n) is 5.05. The Kier molecular flexibility index (Phi) is 10.3. The molecule has 3 aromatic rings. The predicted molar refractivity (Wildman–Crippen MR) is 161 cm³/mol. The highest BCUT2D eigenvalue weighted by Gasteiger charge is 2.39. The minimum absolute atomic E-state index is 0.0941. The first-order valence-corrected chi connectivity index (χ1v) is 14.7. The second-order valence-electron chi connectivity index (χ2n) is 10.6. The molecule has 1 fully saturated rings. The number of aliphatic carboxylic acids is 1. The van der Waals surface area contributed by atoms with Gasteiger partial charge in [0.15, 0.2) is 0 Å². The fraction of sp³-hybridized carbons (Fsp3) is 0.344. The number of nitrogens with zero attached hydrogens (tertiary/aromatic N) is 1. The number of rotatable bonds is 10. The van der Waals surface area contributed by atoms with Gasteiger partial charge in [0, 0.05) is 15.7 Å². The van der Waals surface area contributed by atoms with Gasteiger partial charge in [-0.3, -0.25) is 9.69 Å². The lowest BCUT2D eigenvalue weighted by atomic mass is 9.84. The second-order valence-corrected chi connectivity index (χ2v) is 11.5. The highest BCUT2D eigenvalue weighted by atomic mass is 79.9. The van der Waals surface area contributed by atoms with E-state index >= 15 is 0 Å². The van der Waals surface area contributed by atoms with Crippen molar-refractivity contribution in [2.45, 2.75) is 63.5 Å². The molecule has 0 spiro atoms. The van der Waals surface area contributed by atoms with E-state index < -0.39 is 24.3 Å². The maximum absolute atomic E-state index is 13.6. The van der Waals surface area contributed by atoms with Crippen LogP contribution in [0.5, 0.6) is 0 Å². The molecule has 0 radical (unpaired) electrons. The summed E-state index contributed by atoms with van der Waals surface area (Å²) in [5.74, 6) is -6.67. The van der Waals surface area contributed by atoms with E-state index in [-0.39, 0.29) is 24.2 Å². The number of anilines is 1. The fourth-order valence-corrected chi connectivity index (χ4v) is 5.32. The van der Waals surface area contributed by atoms with E-state index in [9.17, 15) is 23.2 Å². The molecule has 0 saturated heterocycles.